The molecule has 0 saturated carbocycles. The average Bonchev–Trinajstić information content (AvgIpc) is 2.67. The molecule has 1 saturated heterocycles. The van der Waals surface area contributed by atoms with Crippen LogP contribution in [0.25, 0.3) is 0 Å². The Kier molecular flexibility index (Phi) is 3.47. The van der Waals surface area contributed by atoms with Gasteiger partial charge in [-0.3, -0.25) is 0 Å². The highest BCUT2D eigenvalue weighted by Gasteiger charge is 2.34. The normalized spacial score (nSPS) is 22.2. The monoisotopic (exact) mass is 269 g/mol. The van der Waals surface area contributed by atoms with Crippen LogP contribution in [-0.4, -0.2) is 29.9 Å². The van der Waals surface area contributed by atoms with Crippen LogP contribution in [0.3, 0.4) is 0 Å². The van der Waals surface area contributed by atoms with Crippen molar-refractivity contribution in [1.29, 1.82) is 0 Å². The van der Waals surface area contributed by atoms with Crippen molar-refractivity contribution in [1.82, 2.24) is 5.32 Å². The molecule has 0 radical (unpaired) electrons. The number of hydrogen-bond acceptors (Lipinski definition) is 4. The number of nitrogens with one attached hydrogen (secondary N) is 1. The molecule has 1 aliphatic heterocycles. The molecule has 1 atom stereocenters. The van der Waals surface area contributed by atoms with E-state index in [2.05, 4.69) is 5.32 Å². The molecule has 0 bridgehead atoms. The van der Waals surface area contributed by atoms with Gasteiger partial charge in [0.25, 0.3) is 5.17 Å². The minimum atomic E-state index is -0.574. The van der Waals surface area contributed by atoms with Gasteiger partial charge < -0.3 is 14.8 Å². The molecule has 1 aromatic rings. The summed E-state index contributed by atoms with van der Waals surface area (Å²) in [7, 11) is 0. The van der Waals surface area contributed by atoms with Crippen molar-refractivity contribution < 1.29 is 18.7 Å². The molecule has 1 N–H and O–H groups in total. The van der Waals surface area contributed by atoms with Crippen LogP contribution < -0.4 is 5.32 Å². The van der Waals surface area contributed by atoms with Gasteiger partial charge in [-0.25, -0.2) is 9.18 Å². The van der Waals surface area contributed by atoms with Crippen molar-refractivity contribution in [2.45, 2.75) is 12.5 Å². The fourth-order valence-corrected chi connectivity index (χ4v) is 1.85. The van der Waals surface area contributed by atoms with Crippen LogP contribution in [0.4, 0.5) is 4.39 Å². The number of ether oxygens (including phenoxy) is 2. The van der Waals surface area contributed by atoms with E-state index in [1.165, 1.54) is 18.2 Å². The molecule has 4 nitrogen and oxygen atoms in total. The SMILES string of the molecule is CC1(COC(=O)c2cccc(F)c2)COC(=S)N1. The zero-order valence-corrected chi connectivity index (χ0v) is 10.6. The Bertz CT molecular complexity index is 494. The lowest BCUT2D eigenvalue weighted by molar-refractivity contribution is 0.0390. The molecule has 1 unspecified atom stereocenters. The smallest absolute Gasteiger partial charge is 0.338 e. The Morgan fingerprint density at radius 2 is 2.44 bits per heavy atom. The van der Waals surface area contributed by atoms with E-state index in [1.807, 2.05) is 6.92 Å². The van der Waals surface area contributed by atoms with Crippen molar-refractivity contribution in [3.8, 4) is 0 Å². The average molecular weight is 269 g/mol. The van der Waals surface area contributed by atoms with Crippen LogP contribution in [0.5, 0.6) is 0 Å². The summed E-state index contributed by atoms with van der Waals surface area (Å²) in [6.45, 7) is 2.26. The molecule has 6 heteroatoms. The largest absolute Gasteiger partial charge is 0.468 e. The second kappa shape index (κ2) is 4.89. The molecule has 96 valence electrons. The number of thiocarbonyl (C=S) groups is 1. The van der Waals surface area contributed by atoms with Gasteiger partial charge in [-0.05, 0) is 37.3 Å². The molecule has 1 aromatic carbocycles. The Balaban J connectivity index is 1.94. The number of hydrogen-bond donors (Lipinski definition) is 1. The molecule has 1 heterocycles. The Morgan fingerprint density at radius 1 is 1.67 bits per heavy atom. The zero-order valence-electron chi connectivity index (χ0n) is 9.73. The minimum absolute atomic E-state index is 0.0997. The first kappa shape index (κ1) is 12.8. The molecular weight excluding hydrogens is 257 g/mol. The topological polar surface area (TPSA) is 47.6 Å². The molecule has 1 aliphatic rings. The van der Waals surface area contributed by atoms with Crippen LogP contribution in [0.2, 0.25) is 0 Å². The van der Waals surface area contributed by atoms with E-state index in [4.69, 9.17) is 21.7 Å². The lowest BCUT2D eigenvalue weighted by Gasteiger charge is -2.20. The number of benzene rings is 1. The highest BCUT2D eigenvalue weighted by atomic mass is 32.1. The fraction of sp³-hybridized carbons (Fsp3) is 0.333. The standard InChI is InChI=1S/C12H12FNO3S/c1-12(7-17-11(18)14-12)6-16-10(15)8-3-2-4-9(13)5-8/h2-5H,6-7H2,1H3,(H,14,18). The summed E-state index contributed by atoms with van der Waals surface area (Å²) >= 11 is 4.83. The van der Waals surface area contributed by atoms with Crippen molar-refractivity contribution in [2.24, 2.45) is 0 Å². The van der Waals surface area contributed by atoms with E-state index >= 15 is 0 Å². The summed E-state index contributed by atoms with van der Waals surface area (Å²) in [6, 6.07) is 5.35. The molecule has 0 spiro atoms. The van der Waals surface area contributed by atoms with E-state index in [9.17, 15) is 9.18 Å². The van der Waals surface area contributed by atoms with Crippen LogP contribution >= 0.6 is 12.2 Å². The van der Waals surface area contributed by atoms with Crippen LogP contribution in [0.1, 0.15) is 17.3 Å². The summed E-state index contributed by atoms with van der Waals surface area (Å²) in [5.74, 6) is -1.05. The minimum Gasteiger partial charge on any atom is -0.468 e. The molecular formula is C12H12FNO3S. The van der Waals surface area contributed by atoms with E-state index in [0.717, 1.165) is 6.07 Å². The molecule has 2 rings (SSSR count). The van der Waals surface area contributed by atoms with Gasteiger partial charge in [-0.2, -0.15) is 0 Å². The number of esters is 1. The van der Waals surface area contributed by atoms with Gasteiger partial charge in [0.15, 0.2) is 0 Å². The maximum atomic E-state index is 12.9. The van der Waals surface area contributed by atoms with Gasteiger partial charge in [-0.15, -0.1) is 0 Å². The van der Waals surface area contributed by atoms with Crippen molar-refractivity contribution in [3.63, 3.8) is 0 Å². The maximum Gasteiger partial charge on any atom is 0.338 e. The van der Waals surface area contributed by atoms with Gasteiger partial charge in [0, 0.05) is 0 Å². The van der Waals surface area contributed by atoms with Gasteiger partial charge in [0.1, 0.15) is 24.6 Å². The molecule has 0 aliphatic carbocycles. The predicted octanol–water partition coefficient (Wildman–Crippen LogP) is 1.65. The number of rotatable bonds is 3. The highest BCUT2D eigenvalue weighted by molar-refractivity contribution is 7.80. The maximum absolute atomic E-state index is 12.9. The lowest BCUT2D eigenvalue weighted by Crippen LogP contribution is -2.45. The zero-order chi connectivity index (χ0) is 13.2. The summed E-state index contributed by atoms with van der Waals surface area (Å²) in [5, 5.41) is 3.20. The lowest BCUT2D eigenvalue weighted by atomic mass is 10.1. The highest BCUT2D eigenvalue weighted by Crippen LogP contribution is 2.14. The predicted molar refractivity (Wildman–Crippen MR) is 66.8 cm³/mol. The Morgan fingerprint density at radius 3 is 3.06 bits per heavy atom. The third-order valence-corrected chi connectivity index (χ3v) is 2.73. The first-order valence-electron chi connectivity index (χ1n) is 5.36. The fourth-order valence-electron chi connectivity index (χ4n) is 1.54. The Hall–Kier alpha value is -1.69. The quantitative estimate of drug-likeness (QED) is 0.668. The number of carbonyl (C=O) groups excluding carboxylic acids is 1. The third kappa shape index (κ3) is 2.95. The summed E-state index contributed by atoms with van der Waals surface area (Å²) in [4.78, 5) is 11.7. The second-order valence-electron chi connectivity index (χ2n) is 4.35. The molecule has 0 aromatic heterocycles. The third-order valence-electron chi connectivity index (χ3n) is 2.51. The first-order chi connectivity index (χ1) is 8.48. The van der Waals surface area contributed by atoms with Gasteiger partial charge in [0.2, 0.25) is 0 Å². The summed E-state index contributed by atoms with van der Waals surface area (Å²) in [6.07, 6.45) is 0. The van der Waals surface area contributed by atoms with E-state index in [1.54, 1.807) is 0 Å². The van der Waals surface area contributed by atoms with Crippen molar-refractivity contribution >= 4 is 23.4 Å². The van der Waals surface area contributed by atoms with Crippen LogP contribution in [0.15, 0.2) is 24.3 Å². The number of halogens is 1. The molecule has 0 amide bonds. The van der Waals surface area contributed by atoms with Gasteiger partial charge in [0.05, 0.1) is 5.56 Å². The second-order valence-corrected chi connectivity index (χ2v) is 4.72. The van der Waals surface area contributed by atoms with E-state index in [-0.39, 0.29) is 12.2 Å². The number of carbonyl (C=O) groups is 1. The van der Waals surface area contributed by atoms with E-state index in [0.29, 0.717) is 11.8 Å². The van der Waals surface area contributed by atoms with Gasteiger partial charge >= 0.3 is 5.97 Å². The van der Waals surface area contributed by atoms with Crippen LogP contribution in [0, 0.1) is 5.82 Å². The first-order valence-corrected chi connectivity index (χ1v) is 5.77. The van der Waals surface area contributed by atoms with Crippen molar-refractivity contribution in [3.05, 3.63) is 35.6 Å². The molecule has 1 fully saturated rings. The molecule has 18 heavy (non-hydrogen) atoms. The van der Waals surface area contributed by atoms with Crippen LogP contribution in [-0.2, 0) is 9.47 Å². The summed E-state index contributed by atoms with van der Waals surface area (Å²) in [5.41, 5.74) is -0.347. The summed E-state index contributed by atoms with van der Waals surface area (Å²) < 4.78 is 23.1. The van der Waals surface area contributed by atoms with E-state index < -0.39 is 17.3 Å². The Labute approximate surface area is 109 Å². The van der Waals surface area contributed by atoms with Crippen molar-refractivity contribution in [2.75, 3.05) is 13.2 Å². The van der Waals surface area contributed by atoms with Gasteiger partial charge in [-0.1, -0.05) is 6.07 Å².